The van der Waals surface area contributed by atoms with Crippen LogP contribution < -0.4 is 10.2 Å². The van der Waals surface area contributed by atoms with Crippen LogP contribution in [0.15, 0.2) is 83.2 Å². The topological polar surface area (TPSA) is 128 Å². The number of carbonyl (C=O) groups excluding carboxylic acids is 3. The predicted octanol–water partition coefficient (Wildman–Crippen LogP) is 5.57. The fourth-order valence-corrected chi connectivity index (χ4v) is 5.61. The molecule has 0 aliphatic carbocycles. The Kier molecular flexibility index (Phi) is 8.49. The summed E-state index contributed by atoms with van der Waals surface area (Å²) >= 11 is 6.05. The molecule has 44 heavy (non-hydrogen) atoms. The van der Waals surface area contributed by atoms with Crippen LogP contribution in [0.5, 0.6) is 0 Å². The van der Waals surface area contributed by atoms with Crippen LogP contribution in [0.2, 0.25) is 5.02 Å². The summed E-state index contributed by atoms with van der Waals surface area (Å²) in [5, 5.41) is 13.1. The molecule has 3 amide bonds. The molecule has 11 heteroatoms. The van der Waals surface area contributed by atoms with Crippen LogP contribution in [0.3, 0.4) is 0 Å². The molecule has 10 nitrogen and oxygen atoms in total. The van der Waals surface area contributed by atoms with Crippen molar-refractivity contribution in [2.75, 3.05) is 36.6 Å². The average Bonchev–Trinajstić information content (AvgIpc) is 3.55. The summed E-state index contributed by atoms with van der Waals surface area (Å²) in [5.74, 6) is -1.54. The van der Waals surface area contributed by atoms with E-state index in [1.54, 1.807) is 49.6 Å². The molecule has 0 fully saturated rings. The molecule has 2 aliphatic rings. The quantitative estimate of drug-likeness (QED) is 0.175. The van der Waals surface area contributed by atoms with Crippen molar-refractivity contribution in [1.82, 2.24) is 0 Å². The van der Waals surface area contributed by atoms with Crippen LogP contribution in [0.4, 0.5) is 11.4 Å². The van der Waals surface area contributed by atoms with E-state index in [9.17, 15) is 14.4 Å². The van der Waals surface area contributed by atoms with E-state index < -0.39 is 24.0 Å². The number of nitrogens with zero attached hydrogens (tertiary/aromatic N) is 1. The standard InChI is InChI=1S/C33H29ClN2O8/c1-19-14-22(7-9-27(19)36-32(39)24-8-6-21(34)17-25(24)33(36)40)35-31(38)29-15-20(16-30(44-29)42-13-12-41-11-10-37)26-18-43-28-5-3-2-4-23(26)28/h2-9,14-15,17-18,20,30,37H,10-13,16H2,1H3,(H,35,38)/t20-,30+/m1/s1. The highest BCUT2D eigenvalue weighted by Gasteiger charge is 2.37. The SMILES string of the molecule is Cc1cc(NC(=O)C2=C[C@@H](c3coc4ccccc34)C[C@@H](OCCOCCO)O2)ccc1N1C(=O)c2ccc(Cl)cc2C1=O. The third-order valence-electron chi connectivity index (χ3n) is 7.50. The summed E-state index contributed by atoms with van der Waals surface area (Å²) in [6.45, 7) is 2.34. The lowest BCUT2D eigenvalue weighted by molar-refractivity contribution is -0.148. The van der Waals surface area contributed by atoms with Gasteiger partial charge < -0.3 is 29.1 Å². The number of aryl methyl sites for hydroxylation is 1. The van der Waals surface area contributed by atoms with Gasteiger partial charge in [-0.05, 0) is 61.0 Å². The molecular formula is C33H29ClN2O8. The minimum absolute atomic E-state index is 0.0757. The lowest BCUT2D eigenvalue weighted by Crippen LogP contribution is -2.30. The number of carbonyl (C=O) groups is 3. The normalized spacial score (nSPS) is 17.9. The maximum atomic E-state index is 13.5. The summed E-state index contributed by atoms with van der Waals surface area (Å²) in [6, 6.07) is 17.2. The van der Waals surface area contributed by atoms with Gasteiger partial charge in [-0.1, -0.05) is 29.8 Å². The Labute approximate surface area is 257 Å². The average molecular weight is 617 g/mol. The Morgan fingerprint density at radius 2 is 1.86 bits per heavy atom. The van der Waals surface area contributed by atoms with Gasteiger partial charge in [0.05, 0.1) is 49.5 Å². The maximum absolute atomic E-state index is 13.5. The van der Waals surface area contributed by atoms with Crippen LogP contribution in [-0.4, -0.2) is 55.5 Å². The second-order valence-electron chi connectivity index (χ2n) is 10.4. The van der Waals surface area contributed by atoms with Gasteiger partial charge in [0.25, 0.3) is 17.7 Å². The number of furan rings is 1. The van der Waals surface area contributed by atoms with Gasteiger partial charge in [0.1, 0.15) is 5.58 Å². The van der Waals surface area contributed by atoms with Crippen molar-refractivity contribution in [2.24, 2.45) is 0 Å². The Hall–Kier alpha value is -4.48. The van der Waals surface area contributed by atoms with E-state index in [2.05, 4.69) is 5.32 Å². The minimum Gasteiger partial charge on any atom is -0.464 e. The Morgan fingerprint density at radius 1 is 1.05 bits per heavy atom. The zero-order valence-electron chi connectivity index (χ0n) is 23.7. The lowest BCUT2D eigenvalue weighted by Gasteiger charge is -2.29. The number of aliphatic hydroxyl groups excluding tert-OH is 1. The molecule has 4 aromatic rings. The number of halogens is 1. The summed E-state index contributed by atoms with van der Waals surface area (Å²) in [4.78, 5) is 40.7. The van der Waals surface area contributed by atoms with Crippen molar-refractivity contribution in [3.05, 3.63) is 106 Å². The smallest absolute Gasteiger partial charge is 0.290 e. The van der Waals surface area contributed by atoms with Gasteiger partial charge in [0.2, 0.25) is 6.29 Å². The number of fused-ring (bicyclic) bond motifs is 2. The number of aliphatic hydroxyl groups is 1. The molecule has 226 valence electrons. The summed E-state index contributed by atoms with van der Waals surface area (Å²) in [6.07, 6.45) is 3.15. The van der Waals surface area contributed by atoms with E-state index in [0.717, 1.165) is 21.4 Å². The van der Waals surface area contributed by atoms with Crippen molar-refractivity contribution in [3.8, 4) is 0 Å². The van der Waals surface area contributed by atoms with Crippen molar-refractivity contribution in [3.63, 3.8) is 0 Å². The van der Waals surface area contributed by atoms with E-state index in [1.165, 1.54) is 6.07 Å². The zero-order valence-corrected chi connectivity index (χ0v) is 24.5. The fourth-order valence-electron chi connectivity index (χ4n) is 5.43. The van der Waals surface area contributed by atoms with Gasteiger partial charge in [-0.3, -0.25) is 14.4 Å². The molecule has 2 atom stereocenters. The highest BCUT2D eigenvalue weighted by Crippen LogP contribution is 2.37. The molecule has 0 saturated carbocycles. The van der Waals surface area contributed by atoms with Gasteiger partial charge in [0.15, 0.2) is 5.76 Å². The molecule has 3 heterocycles. The second kappa shape index (κ2) is 12.6. The Bertz CT molecular complexity index is 1780. The molecule has 0 spiro atoms. The predicted molar refractivity (Wildman–Crippen MR) is 163 cm³/mol. The number of benzene rings is 3. The van der Waals surface area contributed by atoms with Crippen LogP contribution in [0, 0.1) is 6.92 Å². The zero-order chi connectivity index (χ0) is 30.8. The summed E-state index contributed by atoms with van der Waals surface area (Å²) in [5.41, 5.74) is 3.63. The van der Waals surface area contributed by atoms with Gasteiger partial charge >= 0.3 is 0 Å². The first-order valence-electron chi connectivity index (χ1n) is 14.1. The van der Waals surface area contributed by atoms with E-state index >= 15 is 0 Å². The highest BCUT2D eigenvalue weighted by molar-refractivity contribution is 6.37. The third-order valence-corrected chi connectivity index (χ3v) is 7.74. The van der Waals surface area contributed by atoms with Crippen LogP contribution in [0.1, 0.15) is 44.2 Å². The van der Waals surface area contributed by atoms with E-state index in [-0.39, 0.29) is 49.2 Å². The second-order valence-corrected chi connectivity index (χ2v) is 10.8. The molecule has 0 saturated heterocycles. The number of imide groups is 1. The van der Waals surface area contributed by atoms with Gasteiger partial charge in [0, 0.05) is 34.0 Å². The molecule has 6 rings (SSSR count). The van der Waals surface area contributed by atoms with Crippen molar-refractivity contribution >= 4 is 51.7 Å². The summed E-state index contributed by atoms with van der Waals surface area (Å²) in [7, 11) is 0. The fraction of sp³-hybridized carbons (Fsp3) is 0.242. The molecule has 1 aromatic heterocycles. The number of amides is 3. The Morgan fingerprint density at radius 3 is 2.68 bits per heavy atom. The highest BCUT2D eigenvalue weighted by atomic mass is 35.5. The number of ether oxygens (including phenoxy) is 3. The lowest BCUT2D eigenvalue weighted by atomic mass is 9.92. The molecular weight excluding hydrogens is 588 g/mol. The molecule has 2 aliphatic heterocycles. The largest absolute Gasteiger partial charge is 0.464 e. The van der Waals surface area contributed by atoms with E-state index in [1.807, 2.05) is 24.3 Å². The van der Waals surface area contributed by atoms with E-state index in [0.29, 0.717) is 28.4 Å². The number of nitrogens with one attached hydrogen (secondary N) is 1. The number of hydrogen-bond donors (Lipinski definition) is 2. The number of anilines is 2. The molecule has 3 aromatic carbocycles. The molecule has 2 N–H and O–H groups in total. The molecule has 0 bridgehead atoms. The van der Waals surface area contributed by atoms with Crippen molar-refractivity contribution in [1.29, 1.82) is 0 Å². The number of rotatable bonds is 10. The van der Waals surface area contributed by atoms with Gasteiger partial charge in [-0.15, -0.1) is 0 Å². The minimum atomic E-state index is -0.733. The van der Waals surface area contributed by atoms with Crippen LogP contribution >= 0.6 is 11.6 Å². The van der Waals surface area contributed by atoms with Crippen LogP contribution in [0.25, 0.3) is 11.0 Å². The van der Waals surface area contributed by atoms with Crippen LogP contribution in [-0.2, 0) is 19.0 Å². The number of allylic oxidation sites excluding steroid dienone is 1. The van der Waals surface area contributed by atoms with Crippen molar-refractivity contribution < 1.29 is 38.1 Å². The van der Waals surface area contributed by atoms with E-state index in [4.69, 9.17) is 35.3 Å². The third kappa shape index (κ3) is 5.85. The first-order chi connectivity index (χ1) is 21.3. The monoisotopic (exact) mass is 616 g/mol. The number of para-hydroxylation sites is 1. The Balaban J connectivity index is 1.21. The summed E-state index contributed by atoms with van der Waals surface area (Å²) < 4.78 is 22.9. The molecule has 0 radical (unpaired) electrons. The number of hydrogen-bond acceptors (Lipinski definition) is 8. The first kappa shape index (κ1) is 29.6. The van der Waals surface area contributed by atoms with Crippen molar-refractivity contribution in [2.45, 2.75) is 25.6 Å². The first-order valence-corrected chi connectivity index (χ1v) is 14.5. The maximum Gasteiger partial charge on any atom is 0.290 e. The van der Waals surface area contributed by atoms with Gasteiger partial charge in [-0.2, -0.15) is 0 Å². The van der Waals surface area contributed by atoms with Gasteiger partial charge in [-0.25, -0.2) is 4.90 Å². The molecule has 0 unspecified atom stereocenters.